The highest BCUT2D eigenvalue weighted by molar-refractivity contribution is 5.71. The number of carbonyl (C=O) groups is 3. The fraction of sp³-hybridized carbons (Fsp3) is 0.700. The number of allylic oxidation sites excluding steroid dienone is 18. The first-order valence-electron chi connectivity index (χ1n) is 32.1. The number of carboxylic acid groups (broad SMARTS) is 1. The number of ether oxygens (including phenoxy) is 4. The zero-order valence-corrected chi connectivity index (χ0v) is 51.5. The van der Waals surface area contributed by atoms with Crippen LogP contribution in [0.4, 0.5) is 0 Å². The third-order valence-corrected chi connectivity index (χ3v) is 13.5. The summed E-state index contributed by atoms with van der Waals surface area (Å²) in [4.78, 5) is 37.5. The Balaban J connectivity index is 4.23. The number of unbranched alkanes of at least 4 members (excludes halogenated alkanes) is 25. The highest BCUT2D eigenvalue weighted by atomic mass is 16.7. The Bertz CT molecular complexity index is 1660. The van der Waals surface area contributed by atoms with Gasteiger partial charge in [-0.2, -0.15) is 0 Å². The largest absolute Gasteiger partial charge is 0.477 e. The summed E-state index contributed by atoms with van der Waals surface area (Å²) < 4.78 is 22.9. The summed E-state index contributed by atoms with van der Waals surface area (Å²) in [6, 6.07) is 0. The Morgan fingerprint density at radius 3 is 1.09 bits per heavy atom. The summed E-state index contributed by atoms with van der Waals surface area (Å²) in [5.41, 5.74) is 0. The summed E-state index contributed by atoms with van der Waals surface area (Å²) >= 11 is 0. The van der Waals surface area contributed by atoms with Crippen LogP contribution in [-0.4, -0.2) is 87.4 Å². The third-order valence-electron chi connectivity index (χ3n) is 13.5. The van der Waals surface area contributed by atoms with Gasteiger partial charge in [0.15, 0.2) is 6.10 Å². The summed E-state index contributed by atoms with van der Waals surface area (Å²) in [7, 11) is 5.96. The standard InChI is InChI=1S/C70H119NO8/c1-6-8-10-12-14-16-18-20-22-24-26-28-29-30-31-32-33-34-35-36-37-38-39-41-43-45-47-49-51-53-55-57-59-61-68(73)79-66(65-78-70(69(74)75)76-63-62-71(3,4)5)64-77-67(72)60-58-56-54-52-50-48-46-44-42-40-27-25-23-21-19-17-15-13-11-9-7-2/h8,10,14,16,20,22,25-28,30-31,33-34,36-37,39,41,66,70H,6-7,9,11-13,15,17-19,21,23-24,29,32,35,38,40,42-65H2,1-5H3/p+1/b10-8-,16-14-,22-20-,27-25-,28-26-,31-30-,34-33-,37-36-,41-39-. The highest BCUT2D eigenvalue weighted by Crippen LogP contribution is 2.16. The second kappa shape index (κ2) is 60.1. The van der Waals surface area contributed by atoms with Crippen LogP contribution in [0.5, 0.6) is 0 Å². The van der Waals surface area contributed by atoms with Crippen LogP contribution in [0.2, 0.25) is 0 Å². The Morgan fingerprint density at radius 2 is 0.722 bits per heavy atom. The lowest BCUT2D eigenvalue weighted by Crippen LogP contribution is -2.40. The number of rotatable bonds is 58. The number of carboxylic acids is 1. The highest BCUT2D eigenvalue weighted by Gasteiger charge is 2.25. The molecular formula is C70H120NO8+. The van der Waals surface area contributed by atoms with E-state index in [2.05, 4.69) is 123 Å². The molecule has 2 unspecified atom stereocenters. The van der Waals surface area contributed by atoms with Crippen molar-refractivity contribution in [3.63, 3.8) is 0 Å². The monoisotopic (exact) mass is 1100 g/mol. The maximum Gasteiger partial charge on any atom is 0.361 e. The van der Waals surface area contributed by atoms with Crippen LogP contribution in [0.25, 0.3) is 0 Å². The van der Waals surface area contributed by atoms with Gasteiger partial charge in [0.1, 0.15) is 13.2 Å². The molecule has 0 aromatic heterocycles. The summed E-state index contributed by atoms with van der Waals surface area (Å²) in [6.45, 7) is 4.76. The van der Waals surface area contributed by atoms with Gasteiger partial charge in [0.25, 0.3) is 6.29 Å². The summed E-state index contributed by atoms with van der Waals surface area (Å²) in [5.74, 6) is -2.02. The molecular weight excluding hydrogens is 983 g/mol. The number of aliphatic carboxylic acids is 1. The molecule has 79 heavy (non-hydrogen) atoms. The minimum atomic E-state index is -1.52. The second-order valence-electron chi connectivity index (χ2n) is 22.3. The molecule has 0 aliphatic carbocycles. The second-order valence-corrected chi connectivity index (χ2v) is 22.3. The van der Waals surface area contributed by atoms with Gasteiger partial charge in [0.05, 0.1) is 34.4 Å². The molecule has 2 atom stereocenters. The molecule has 0 aliphatic heterocycles. The topological polar surface area (TPSA) is 108 Å². The Labute approximate surface area is 485 Å². The van der Waals surface area contributed by atoms with E-state index < -0.39 is 24.3 Å². The molecule has 0 saturated carbocycles. The lowest BCUT2D eigenvalue weighted by molar-refractivity contribution is -0.870. The Morgan fingerprint density at radius 1 is 0.392 bits per heavy atom. The first-order valence-corrected chi connectivity index (χ1v) is 32.1. The molecule has 0 amide bonds. The molecule has 9 heteroatoms. The molecule has 9 nitrogen and oxygen atoms in total. The predicted molar refractivity (Wildman–Crippen MR) is 336 cm³/mol. The number of carbonyl (C=O) groups excluding carboxylic acids is 2. The maximum atomic E-state index is 12.9. The molecule has 1 N–H and O–H groups in total. The fourth-order valence-corrected chi connectivity index (χ4v) is 8.61. The van der Waals surface area contributed by atoms with E-state index in [0.717, 1.165) is 96.3 Å². The first kappa shape index (κ1) is 75.0. The van der Waals surface area contributed by atoms with Crippen molar-refractivity contribution in [1.82, 2.24) is 0 Å². The van der Waals surface area contributed by atoms with Crippen LogP contribution in [0.3, 0.4) is 0 Å². The van der Waals surface area contributed by atoms with E-state index in [4.69, 9.17) is 18.9 Å². The van der Waals surface area contributed by atoms with E-state index in [1.807, 2.05) is 21.1 Å². The van der Waals surface area contributed by atoms with Gasteiger partial charge in [0, 0.05) is 12.8 Å². The minimum Gasteiger partial charge on any atom is -0.477 e. The van der Waals surface area contributed by atoms with E-state index in [-0.39, 0.29) is 32.2 Å². The molecule has 452 valence electrons. The third kappa shape index (κ3) is 61.4. The molecule has 0 bridgehead atoms. The van der Waals surface area contributed by atoms with Crippen molar-refractivity contribution in [3.8, 4) is 0 Å². The number of nitrogens with zero attached hydrogens (tertiary/aromatic N) is 1. The average Bonchev–Trinajstić information content (AvgIpc) is 3.42. The first-order chi connectivity index (χ1) is 38.6. The van der Waals surface area contributed by atoms with Crippen molar-refractivity contribution >= 4 is 17.9 Å². The van der Waals surface area contributed by atoms with Gasteiger partial charge in [-0.05, 0) is 103 Å². The van der Waals surface area contributed by atoms with Crippen LogP contribution in [-0.2, 0) is 33.3 Å². The predicted octanol–water partition coefficient (Wildman–Crippen LogP) is 19.5. The van der Waals surface area contributed by atoms with Gasteiger partial charge in [-0.1, -0.05) is 252 Å². The fourth-order valence-electron chi connectivity index (χ4n) is 8.61. The van der Waals surface area contributed by atoms with Crippen LogP contribution < -0.4 is 0 Å². The molecule has 0 radical (unpaired) electrons. The van der Waals surface area contributed by atoms with Crippen molar-refractivity contribution in [2.75, 3.05) is 47.5 Å². The van der Waals surface area contributed by atoms with Crippen LogP contribution in [0.15, 0.2) is 109 Å². The molecule has 0 aromatic carbocycles. The SMILES string of the molecule is CC/C=C\C/C=C\C/C=C\C/C=C\C/C=C\C/C=C\C/C=C\C/C=C\CCCCCCCCCCC(=O)OC(COC(=O)CCCCCCCCCCC/C=C\CCCCCCCCCC)COC(OCC[N+](C)(C)C)C(=O)O. The zero-order valence-electron chi connectivity index (χ0n) is 51.5. The van der Waals surface area contributed by atoms with Crippen molar-refractivity contribution < 1.29 is 42.9 Å². The van der Waals surface area contributed by atoms with Crippen molar-refractivity contribution in [2.45, 2.75) is 270 Å². The molecule has 0 fully saturated rings. The lowest BCUT2D eigenvalue weighted by atomic mass is 10.1. The number of esters is 2. The molecule has 0 rings (SSSR count). The number of quaternary nitrogens is 1. The van der Waals surface area contributed by atoms with Crippen LogP contribution >= 0.6 is 0 Å². The number of hydrogen-bond acceptors (Lipinski definition) is 7. The van der Waals surface area contributed by atoms with Gasteiger partial charge >= 0.3 is 17.9 Å². The quantitative estimate of drug-likeness (QED) is 0.0211. The van der Waals surface area contributed by atoms with Gasteiger partial charge in [-0.25, -0.2) is 4.79 Å². The van der Waals surface area contributed by atoms with Crippen molar-refractivity contribution in [3.05, 3.63) is 109 Å². The van der Waals surface area contributed by atoms with Gasteiger partial charge in [0.2, 0.25) is 0 Å². The maximum absolute atomic E-state index is 12.9. The molecule has 0 heterocycles. The molecule has 0 spiro atoms. The summed E-state index contributed by atoms with van der Waals surface area (Å²) in [6.07, 6.45) is 80.3. The normalized spacial score (nSPS) is 13.5. The number of likely N-dealkylation sites (N-methyl/N-ethyl adjacent to an activating group) is 1. The zero-order chi connectivity index (χ0) is 57.6. The molecule has 0 saturated heterocycles. The Hall–Kier alpha value is -4.05. The molecule has 0 aromatic rings. The van der Waals surface area contributed by atoms with Gasteiger partial charge in [-0.15, -0.1) is 0 Å². The summed E-state index contributed by atoms with van der Waals surface area (Å²) in [5, 5.41) is 9.72. The van der Waals surface area contributed by atoms with Crippen LogP contribution in [0.1, 0.15) is 258 Å². The van der Waals surface area contributed by atoms with E-state index >= 15 is 0 Å². The van der Waals surface area contributed by atoms with Crippen LogP contribution in [0, 0.1) is 0 Å². The average molecular weight is 1100 g/mol. The molecule has 0 aliphatic rings. The van der Waals surface area contributed by atoms with E-state index in [1.54, 1.807) is 0 Å². The lowest BCUT2D eigenvalue weighted by Gasteiger charge is -2.25. The Kier molecular flexibility index (Phi) is 57.0. The van der Waals surface area contributed by atoms with Crippen molar-refractivity contribution in [1.29, 1.82) is 0 Å². The number of hydrogen-bond donors (Lipinski definition) is 1. The minimum absolute atomic E-state index is 0.181. The van der Waals surface area contributed by atoms with Gasteiger partial charge in [-0.3, -0.25) is 9.59 Å². The van der Waals surface area contributed by atoms with E-state index in [9.17, 15) is 19.5 Å². The smallest absolute Gasteiger partial charge is 0.361 e. The van der Waals surface area contributed by atoms with E-state index in [0.29, 0.717) is 23.9 Å². The van der Waals surface area contributed by atoms with Gasteiger partial charge < -0.3 is 28.5 Å². The van der Waals surface area contributed by atoms with Crippen molar-refractivity contribution in [2.24, 2.45) is 0 Å². The van der Waals surface area contributed by atoms with E-state index in [1.165, 1.54) is 128 Å².